The van der Waals surface area contributed by atoms with Crippen LogP contribution in [0.25, 0.3) is 11.3 Å². The minimum absolute atomic E-state index is 0.0406. The lowest BCUT2D eigenvalue weighted by Gasteiger charge is -2.09. The van der Waals surface area contributed by atoms with E-state index in [0.29, 0.717) is 16.6 Å². The minimum Gasteiger partial charge on any atom is -0.484 e. The number of aryl methyl sites for hydroxylation is 1. The van der Waals surface area contributed by atoms with Crippen LogP contribution in [0.3, 0.4) is 0 Å². The normalized spacial score (nSPS) is 10.4. The second-order valence-electron chi connectivity index (χ2n) is 5.49. The monoisotopic (exact) mass is 353 g/mol. The Hall–Kier alpha value is -2.86. The van der Waals surface area contributed by atoms with Gasteiger partial charge in [-0.2, -0.15) is 0 Å². The third-order valence-corrected chi connectivity index (χ3v) is 4.31. The van der Waals surface area contributed by atoms with Gasteiger partial charge in [0.2, 0.25) is 0 Å². The third-order valence-electron chi connectivity index (χ3n) is 3.64. The number of nitrogens with one attached hydrogen (secondary N) is 1. The maximum Gasteiger partial charge on any atom is 0.262 e. The summed E-state index contributed by atoms with van der Waals surface area (Å²) in [5, 5.41) is 5.25. The van der Waals surface area contributed by atoms with E-state index in [9.17, 15) is 4.79 Å². The molecule has 1 aromatic heterocycles. The smallest absolute Gasteiger partial charge is 0.262 e. The first-order chi connectivity index (χ1) is 12.1. The number of benzene rings is 2. The van der Waals surface area contributed by atoms with E-state index in [1.807, 2.05) is 53.9 Å². The van der Waals surface area contributed by atoms with Crippen LogP contribution in [0, 0.1) is 0 Å². The van der Waals surface area contributed by atoms with Crippen LogP contribution in [0.1, 0.15) is 12.5 Å². The summed E-state index contributed by atoms with van der Waals surface area (Å²) in [5.41, 5.74) is 9.24. The summed E-state index contributed by atoms with van der Waals surface area (Å²) in [7, 11) is 0. The number of anilines is 2. The number of hydrogen-bond donors (Lipinski definition) is 2. The van der Waals surface area contributed by atoms with Gasteiger partial charge < -0.3 is 15.8 Å². The van der Waals surface area contributed by atoms with Gasteiger partial charge in [-0.25, -0.2) is 4.98 Å². The lowest BCUT2D eigenvalue weighted by molar-refractivity contribution is -0.118. The molecule has 0 aliphatic carbocycles. The molecule has 0 fully saturated rings. The van der Waals surface area contributed by atoms with Crippen LogP contribution in [-0.4, -0.2) is 17.5 Å². The molecule has 128 valence electrons. The molecule has 6 heteroatoms. The molecule has 0 unspecified atom stereocenters. The Morgan fingerprint density at radius 3 is 2.84 bits per heavy atom. The lowest BCUT2D eigenvalue weighted by Crippen LogP contribution is -2.20. The number of nitrogens with two attached hydrogens (primary N) is 1. The predicted molar refractivity (Wildman–Crippen MR) is 102 cm³/mol. The molecule has 3 rings (SSSR count). The molecule has 3 aromatic rings. The first kappa shape index (κ1) is 17.0. The Morgan fingerprint density at radius 2 is 2.08 bits per heavy atom. The molecule has 0 spiro atoms. The molecule has 0 bridgehead atoms. The Morgan fingerprint density at radius 1 is 1.24 bits per heavy atom. The van der Waals surface area contributed by atoms with Crippen molar-refractivity contribution in [2.24, 2.45) is 0 Å². The molecule has 0 radical (unpaired) electrons. The van der Waals surface area contributed by atoms with Crippen LogP contribution in [0.2, 0.25) is 0 Å². The van der Waals surface area contributed by atoms with Gasteiger partial charge in [0.05, 0.1) is 5.69 Å². The summed E-state index contributed by atoms with van der Waals surface area (Å²) in [6.45, 7) is 2.04. The van der Waals surface area contributed by atoms with Gasteiger partial charge in [0, 0.05) is 16.6 Å². The first-order valence-electron chi connectivity index (χ1n) is 7.97. The van der Waals surface area contributed by atoms with Gasteiger partial charge in [-0.05, 0) is 36.2 Å². The van der Waals surface area contributed by atoms with Crippen molar-refractivity contribution in [1.82, 2.24) is 4.98 Å². The Labute approximate surface area is 150 Å². The summed E-state index contributed by atoms with van der Waals surface area (Å²) in [4.78, 5) is 16.4. The number of carbonyl (C=O) groups is 1. The van der Waals surface area contributed by atoms with Crippen molar-refractivity contribution in [3.63, 3.8) is 0 Å². The molecule has 2 aromatic carbocycles. The lowest BCUT2D eigenvalue weighted by atomic mass is 10.1. The van der Waals surface area contributed by atoms with E-state index in [0.717, 1.165) is 17.7 Å². The number of nitrogen functional groups attached to an aromatic ring is 1. The van der Waals surface area contributed by atoms with Crippen LogP contribution in [0.5, 0.6) is 5.75 Å². The van der Waals surface area contributed by atoms with E-state index < -0.39 is 0 Å². The Balaban J connectivity index is 1.61. The van der Waals surface area contributed by atoms with E-state index in [-0.39, 0.29) is 12.5 Å². The maximum atomic E-state index is 12.1. The zero-order valence-electron chi connectivity index (χ0n) is 13.9. The highest BCUT2D eigenvalue weighted by molar-refractivity contribution is 7.13. The van der Waals surface area contributed by atoms with Gasteiger partial charge in [0.1, 0.15) is 5.75 Å². The number of amides is 1. The SMILES string of the molecule is CCc1cccc(OCC(=O)Nc2cccc(-c3csc(N)n3)c2)c1. The average molecular weight is 353 g/mol. The summed E-state index contributed by atoms with van der Waals surface area (Å²) in [6, 6.07) is 15.2. The van der Waals surface area contributed by atoms with Gasteiger partial charge in [0.15, 0.2) is 11.7 Å². The van der Waals surface area contributed by atoms with Crippen molar-refractivity contribution in [2.75, 3.05) is 17.7 Å². The number of aromatic nitrogens is 1. The molecular weight excluding hydrogens is 334 g/mol. The van der Waals surface area contributed by atoms with Crippen molar-refractivity contribution in [3.05, 3.63) is 59.5 Å². The van der Waals surface area contributed by atoms with Crippen LogP contribution in [0.15, 0.2) is 53.9 Å². The van der Waals surface area contributed by atoms with Gasteiger partial charge in [0.25, 0.3) is 5.91 Å². The van der Waals surface area contributed by atoms with Crippen molar-refractivity contribution >= 4 is 28.1 Å². The summed E-state index contributed by atoms with van der Waals surface area (Å²) in [6.07, 6.45) is 0.928. The molecule has 0 saturated heterocycles. The standard InChI is InChI=1S/C19H19N3O2S/c1-2-13-5-3-8-16(9-13)24-11-18(23)21-15-7-4-6-14(10-15)17-12-25-19(20)22-17/h3-10,12H,2,11H2,1H3,(H2,20,22)(H,21,23). The molecule has 1 heterocycles. The fraction of sp³-hybridized carbons (Fsp3) is 0.158. The highest BCUT2D eigenvalue weighted by Gasteiger charge is 2.07. The zero-order valence-corrected chi connectivity index (χ0v) is 14.7. The number of rotatable bonds is 6. The molecule has 25 heavy (non-hydrogen) atoms. The van der Waals surface area contributed by atoms with Crippen LogP contribution in [0.4, 0.5) is 10.8 Å². The fourth-order valence-electron chi connectivity index (χ4n) is 2.38. The summed E-state index contributed by atoms with van der Waals surface area (Å²) >= 11 is 1.39. The van der Waals surface area contributed by atoms with E-state index in [4.69, 9.17) is 10.5 Å². The molecule has 0 aliphatic heterocycles. The zero-order chi connectivity index (χ0) is 17.6. The number of nitrogens with zero attached hydrogens (tertiary/aromatic N) is 1. The molecule has 3 N–H and O–H groups in total. The Kier molecular flexibility index (Phi) is 5.30. The third kappa shape index (κ3) is 4.58. The minimum atomic E-state index is -0.211. The largest absolute Gasteiger partial charge is 0.484 e. The first-order valence-corrected chi connectivity index (χ1v) is 8.85. The van der Waals surface area contributed by atoms with Crippen molar-refractivity contribution in [1.29, 1.82) is 0 Å². The van der Waals surface area contributed by atoms with Gasteiger partial charge in [-0.1, -0.05) is 31.2 Å². The van der Waals surface area contributed by atoms with E-state index in [1.165, 1.54) is 16.9 Å². The molecule has 0 aliphatic rings. The summed E-state index contributed by atoms with van der Waals surface area (Å²) in [5.74, 6) is 0.484. The predicted octanol–water partition coefficient (Wildman–Crippen LogP) is 3.97. The molecular formula is C19H19N3O2S. The fourth-order valence-corrected chi connectivity index (χ4v) is 2.95. The Bertz CT molecular complexity index is 876. The summed E-state index contributed by atoms with van der Waals surface area (Å²) < 4.78 is 5.56. The van der Waals surface area contributed by atoms with Gasteiger partial charge >= 0.3 is 0 Å². The van der Waals surface area contributed by atoms with Crippen molar-refractivity contribution < 1.29 is 9.53 Å². The number of hydrogen-bond acceptors (Lipinski definition) is 5. The van der Waals surface area contributed by atoms with E-state index >= 15 is 0 Å². The van der Waals surface area contributed by atoms with Crippen LogP contribution < -0.4 is 15.8 Å². The second-order valence-corrected chi connectivity index (χ2v) is 6.38. The van der Waals surface area contributed by atoms with Gasteiger partial charge in [-0.15, -0.1) is 11.3 Å². The van der Waals surface area contributed by atoms with E-state index in [2.05, 4.69) is 17.2 Å². The number of carbonyl (C=O) groups excluding carboxylic acids is 1. The van der Waals surface area contributed by atoms with Crippen LogP contribution in [-0.2, 0) is 11.2 Å². The van der Waals surface area contributed by atoms with Crippen molar-refractivity contribution in [2.45, 2.75) is 13.3 Å². The highest BCUT2D eigenvalue weighted by Crippen LogP contribution is 2.25. The average Bonchev–Trinajstić information content (AvgIpc) is 3.07. The molecule has 5 nitrogen and oxygen atoms in total. The van der Waals surface area contributed by atoms with Crippen molar-refractivity contribution in [3.8, 4) is 17.0 Å². The molecule has 0 saturated carbocycles. The highest BCUT2D eigenvalue weighted by atomic mass is 32.1. The second kappa shape index (κ2) is 7.81. The van der Waals surface area contributed by atoms with Gasteiger partial charge in [-0.3, -0.25) is 4.79 Å². The number of thiazole rings is 1. The molecule has 1 amide bonds. The topological polar surface area (TPSA) is 77.2 Å². The molecule has 0 atom stereocenters. The quantitative estimate of drug-likeness (QED) is 0.703. The van der Waals surface area contributed by atoms with Crippen LogP contribution >= 0.6 is 11.3 Å². The number of ether oxygens (including phenoxy) is 1. The maximum absolute atomic E-state index is 12.1. The van der Waals surface area contributed by atoms with E-state index in [1.54, 1.807) is 0 Å².